The average Bonchev–Trinajstić information content (AvgIpc) is 3.66. The highest BCUT2D eigenvalue weighted by atomic mass is 32.1. The topological polar surface area (TPSA) is 113 Å². The highest BCUT2D eigenvalue weighted by molar-refractivity contribution is 7.16. The van der Waals surface area contributed by atoms with E-state index < -0.39 is 5.60 Å². The molecule has 2 N–H and O–H groups in total. The predicted octanol–water partition coefficient (Wildman–Crippen LogP) is 5.96. The molecule has 0 spiro atoms. The van der Waals surface area contributed by atoms with Gasteiger partial charge in [0.2, 0.25) is 0 Å². The SMILES string of the molecule is CCOC=O.Cc1sc(Nc2nc(C3=CCCN(C(=O)OC(C)(C)C)C3)cn3c(C4=CN(C)NC4)cnc23)cc1C(C)C. The highest BCUT2D eigenvalue weighted by Gasteiger charge is 2.26. The number of ether oxygens (including phenoxy) is 2. The van der Waals surface area contributed by atoms with E-state index >= 15 is 0 Å². The molecule has 3 aromatic rings. The number of aryl methyl sites for hydroxylation is 1. The summed E-state index contributed by atoms with van der Waals surface area (Å²) in [5, 5.41) is 6.56. The molecule has 0 aromatic carbocycles. The number of hydrogen-bond donors (Lipinski definition) is 2. The molecule has 12 heteroatoms. The number of thiophene rings is 1. The van der Waals surface area contributed by atoms with Gasteiger partial charge in [0.25, 0.3) is 6.47 Å². The zero-order valence-electron chi connectivity index (χ0n) is 26.4. The maximum absolute atomic E-state index is 12.8. The van der Waals surface area contributed by atoms with Crippen LogP contribution < -0.4 is 10.7 Å². The molecule has 0 aliphatic carbocycles. The summed E-state index contributed by atoms with van der Waals surface area (Å²) >= 11 is 1.73. The first kappa shape index (κ1) is 32.0. The first-order valence-electron chi connectivity index (χ1n) is 14.6. The lowest BCUT2D eigenvalue weighted by Crippen LogP contribution is -2.39. The van der Waals surface area contributed by atoms with E-state index in [1.807, 2.05) is 45.2 Å². The first-order valence-corrected chi connectivity index (χ1v) is 15.4. The number of anilines is 2. The van der Waals surface area contributed by atoms with E-state index in [9.17, 15) is 9.59 Å². The van der Waals surface area contributed by atoms with E-state index in [0.29, 0.717) is 37.9 Å². The third-order valence-corrected chi connectivity index (χ3v) is 7.86. The Balaban J connectivity index is 0.000000782. The van der Waals surface area contributed by atoms with Gasteiger partial charge in [-0.1, -0.05) is 19.9 Å². The van der Waals surface area contributed by atoms with Crippen LogP contribution in [0.4, 0.5) is 15.6 Å². The van der Waals surface area contributed by atoms with E-state index in [4.69, 9.17) is 14.7 Å². The minimum Gasteiger partial charge on any atom is -0.468 e. The van der Waals surface area contributed by atoms with Crippen LogP contribution in [0.15, 0.2) is 30.7 Å². The lowest BCUT2D eigenvalue weighted by atomic mass is 10.1. The molecule has 0 fully saturated rings. The molecule has 0 saturated carbocycles. The van der Waals surface area contributed by atoms with Crippen molar-refractivity contribution in [2.45, 2.75) is 66.4 Å². The molecule has 3 aromatic heterocycles. The summed E-state index contributed by atoms with van der Waals surface area (Å²) in [6.07, 6.45) is 8.64. The number of rotatable bonds is 7. The fraction of sp³-hybridized carbons (Fsp3) is 0.484. The summed E-state index contributed by atoms with van der Waals surface area (Å²) in [7, 11) is 1.99. The van der Waals surface area contributed by atoms with Gasteiger partial charge in [0.15, 0.2) is 11.5 Å². The van der Waals surface area contributed by atoms with E-state index in [1.54, 1.807) is 23.2 Å². The Bertz CT molecular complexity index is 1520. The normalized spacial score (nSPS) is 15.2. The number of aromatic nitrogens is 3. The molecule has 0 unspecified atom stereocenters. The molecule has 0 radical (unpaired) electrons. The Kier molecular flexibility index (Phi) is 10.1. The number of carbonyl (C=O) groups excluding carboxylic acids is 2. The molecular formula is C31H43N7O4S. The van der Waals surface area contributed by atoms with Crippen molar-refractivity contribution in [3.05, 3.63) is 52.6 Å². The van der Waals surface area contributed by atoms with Crippen LogP contribution in [-0.4, -0.2) is 75.7 Å². The molecular weight excluding hydrogens is 566 g/mol. The smallest absolute Gasteiger partial charge is 0.410 e. The second-order valence-corrected chi connectivity index (χ2v) is 13.0. The molecule has 5 heterocycles. The van der Waals surface area contributed by atoms with Gasteiger partial charge in [0.1, 0.15) is 5.60 Å². The number of fused-ring (bicyclic) bond motifs is 1. The number of amides is 1. The summed E-state index contributed by atoms with van der Waals surface area (Å²) in [4.78, 5) is 34.9. The van der Waals surface area contributed by atoms with Gasteiger partial charge in [-0.15, -0.1) is 11.3 Å². The molecule has 0 atom stereocenters. The van der Waals surface area contributed by atoms with Gasteiger partial charge in [-0.25, -0.2) is 20.2 Å². The minimum absolute atomic E-state index is 0.300. The average molecular weight is 610 g/mol. The summed E-state index contributed by atoms with van der Waals surface area (Å²) in [5.74, 6) is 1.14. The number of hydrogen-bond acceptors (Lipinski definition) is 10. The van der Waals surface area contributed by atoms with Crippen molar-refractivity contribution in [3.63, 3.8) is 0 Å². The summed E-state index contributed by atoms with van der Waals surface area (Å²) in [6.45, 7) is 16.7. The van der Waals surface area contributed by atoms with Crippen LogP contribution in [0.2, 0.25) is 0 Å². The van der Waals surface area contributed by atoms with Crippen LogP contribution in [0.3, 0.4) is 0 Å². The lowest BCUT2D eigenvalue weighted by Gasteiger charge is -2.30. The largest absolute Gasteiger partial charge is 0.468 e. The number of hydrazine groups is 1. The van der Waals surface area contributed by atoms with Crippen molar-refractivity contribution in [2.75, 3.05) is 38.6 Å². The number of imidazole rings is 1. The van der Waals surface area contributed by atoms with Crippen molar-refractivity contribution >= 4 is 51.5 Å². The maximum atomic E-state index is 12.8. The summed E-state index contributed by atoms with van der Waals surface area (Å²) in [6, 6.07) is 2.21. The van der Waals surface area contributed by atoms with Gasteiger partial charge in [0, 0.05) is 43.0 Å². The van der Waals surface area contributed by atoms with E-state index in [-0.39, 0.29) is 6.09 Å². The number of nitrogens with zero attached hydrogens (tertiary/aromatic N) is 5. The molecule has 1 amide bonds. The van der Waals surface area contributed by atoms with Crippen molar-refractivity contribution in [1.29, 1.82) is 0 Å². The maximum Gasteiger partial charge on any atom is 0.410 e. The molecule has 2 aliphatic heterocycles. The van der Waals surface area contributed by atoms with E-state index in [0.717, 1.165) is 46.1 Å². The number of carbonyl (C=O) groups is 2. The molecule has 232 valence electrons. The van der Waals surface area contributed by atoms with Gasteiger partial charge in [-0.2, -0.15) is 0 Å². The minimum atomic E-state index is -0.539. The van der Waals surface area contributed by atoms with Gasteiger partial charge < -0.3 is 24.7 Å². The molecule has 11 nitrogen and oxygen atoms in total. The third kappa shape index (κ3) is 7.94. The van der Waals surface area contributed by atoms with Crippen molar-refractivity contribution in [2.24, 2.45) is 0 Å². The number of nitrogens with one attached hydrogen (secondary N) is 2. The molecule has 5 rings (SSSR count). The third-order valence-electron chi connectivity index (χ3n) is 6.88. The zero-order chi connectivity index (χ0) is 31.3. The second-order valence-electron chi connectivity index (χ2n) is 11.8. The fourth-order valence-corrected chi connectivity index (χ4v) is 5.96. The van der Waals surface area contributed by atoms with Crippen molar-refractivity contribution in [1.82, 2.24) is 29.7 Å². The molecule has 2 aliphatic rings. The molecule has 0 bridgehead atoms. The highest BCUT2D eigenvalue weighted by Crippen LogP contribution is 2.35. The van der Waals surface area contributed by atoms with Crippen LogP contribution in [0.25, 0.3) is 16.8 Å². The lowest BCUT2D eigenvalue weighted by molar-refractivity contribution is -0.128. The van der Waals surface area contributed by atoms with Gasteiger partial charge in [-0.05, 0) is 64.2 Å². The van der Waals surface area contributed by atoms with Crippen LogP contribution >= 0.6 is 11.3 Å². The molecule has 43 heavy (non-hydrogen) atoms. The van der Waals surface area contributed by atoms with Crippen LogP contribution in [0.1, 0.15) is 75.7 Å². The quantitative estimate of drug-likeness (QED) is 0.313. The van der Waals surface area contributed by atoms with E-state index in [1.165, 1.54) is 10.4 Å². The van der Waals surface area contributed by atoms with Crippen molar-refractivity contribution < 1.29 is 19.1 Å². The van der Waals surface area contributed by atoms with Gasteiger partial charge in [-0.3, -0.25) is 9.20 Å². The first-order chi connectivity index (χ1) is 20.4. The summed E-state index contributed by atoms with van der Waals surface area (Å²) in [5.41, 5.74) is 8.82. The predicted molar refractivity (Wildman–Crippen MR) is 171 cm³/mol. The fourth-order valence-electron chi connectivity index (χ4n) is 4.88. The monoisotopic (exact) mass is 609 g/mol. The van der Waals surface area contributed by atoms with Gasteiger partial charge in [0.05, 0.1) is 35.7 Å². The zero-order valence-corrected chi connectivity index (χ0v) is 27.2. The Morgan fingerprint density at radius 2 is 2.05 bits per heavy atom. The van der Waals surface area contributed by atoms with Gasteiger partial charge >= 0.3 is 6.09 Å². The van der Waals surface area contributed by atoms with Crippen LogP contribution in [0.5, 0.6) is 0 Å². The molecule has 0 saturated heterocycles. The summed E-state index contributed by atoms with van der Waals surface area (Å²) < 4.78 is 11.9. The van der Waals surface area contributed by atoms with Crippen LogP contribution in [0, 0.1) is 6.92 Å². The van der Waals surface area contributed by atoms with E-state index in [2.05, 4.69) is 59.0 Å². The Hall–Kier alpha value is -3.90. The van der Waals surface area contributed by atoms with Crippen LogP contribution in [-0.2, 0) is 14.3 Å². The Morgan fingerprint density at radius 1 is 1.28 bits per heavy atom. The second kappa shape index (κ2) is 13.6. The Labute approximate surface area is 257 Å². The van der Waals surface area contributed by atoms with Crippen molar-refractivity contribution in [3.8, 4) is 0 Å². The standard InChI is InChI=1S/C28H37N7O2S.C3H6O2/c1-17(2)21-11-24(38-18(21)3)32-25-26-29-13-23(20-12-30-33(7)14-20)35(26)16-22(31-25)19-9-8-10-34(15-19)27(36)37-28(4,5)6;1-2-5-3-4/h9,11,13-14,16-17,30H,8,10,12,15H2,1-7H3,(H,31,32);3H,2H2,1H3. The Morgan fingerprint density at radius 3 is 2.63 bits per heavy atom.